The largest absolute Gasteiger partial charge is 0.299 e. The fraction of sp³-hybridized carbons (Fsp3) is 0.429. The molecule has 2 nitrogen and oxygen atoms in total. The Morgan fingerprint density at radius 1 is 1.18 bits per heavy atom. The van der Waals surface area contributed by atoms with Crippen LogP contribution in [0.3, 0.4) is 0 Å². The monoisotopic (exact) mass is 294 g/mol. The van der Waals surface area contributed by atoms with Crippen molar-refractivity contribution in [2.24, 2.45) is 5.92 Å². The average molecular weight is 295 g/mol. The van der Waals surface area contributed by atoms with Crippen molar-refractivity contribution in [1.82, 2.24) is 0 Å². The third-order valence-corrected chi connectivity index (χ3v) is 3.73. The van der Waals surface area contributed by atoms with Gasteiger partial charge in [-0.3, -0.25) is 9.59 Å². The SMILES string of the molecule is O=C1CCCC(=O)C1CCc1cccc(Br)c1. The number of carbonyl (C=O) groups is 2. The van der Waals surface area contributed by atoms with Crippen molar-refractivity contribution in [1.29, 1.82) is 0 Å². The van der Waals surface area contributed by atoms with Gasteiger partial charge in [0.25, 0.3) is 0 Å². The lowest BCUT2D eigenvalue weighted by molar-refractivity contribution is -0.135. The standard InChI is InChI=1S/C14H15BrO2/c15-11-4-1-3-10(9-11)7-8-12-13(16)5-2-6-14(12)17/h1,3-4,9,12H,2,5-8H2. The summed E-state index contributed by atoms with van der Waals surface area (Å²) in [6, 6.07) is 8.02. The van der Waals surface area contributed by atoms with Crippen molar-refractivity contribution in [2.75, 3.05) is 0 Å². The van der Waals surface area contributed by atoms with Gasteiger partial charge < -0.3 is 0 Å². The summed E-state index contributed by atoms with van der Waals surface area (Å²) in [6.07, 6.45) is 3.35. The molecule has 90 valence electrons. The first-order valence-corrected chi connectivity index (χ1v) is 6.76. The van der Waals surface area contributed by atoms with Crippen LogP contribution in [-0.2, 0) is 16.0 Å². The van der Waals surface area contributed by atoms with E-state index in [0.717, 1.165) is 17.3 Å². The molecule has 1 saturated carbocycles. The van der Waals surface area contributed by atoms with E-state index in [0.29, 0.717) is 19.3 Å². The molecule has 0 aromatic heterocycles. The van der Waals surface area contributed by atoms with E-state index in [9.17, 15) is 9.59 Å². The van der Waals surface area contributed by atoms with Crippen LogP contribution >= 0.6 is 15.9 Å². The molecule has 1 aromatic carbocycles. The molecule has 1 fully saturated rings. The number of rotatable bonds is 3. The number of hydrogen-bond acceptors (Lipinski definition) is 2. The van der Waals surface area contributed by atoms with E-state index in [1.165, 1.54) is 5.56 Å². The first kappa shape index (κ1) is 12.5. The maximum Gasteiger partial charge on any atom is 0.143 e. The molecule has 0 spiro atoms. The predicted octanol–water partition coefficient (Wildman–Crippen LogP) is 3.32. The van der Waals surface area contributed by atoms with Crippen LogP contribution in [0.25, 0.3) is 0 Å². The molecular formula is C14H15BrO2. The van der Waals surface area contributed by atoms with Crippen LogP contribution in [0.2, 0.25) is 0 Å². The van der Waals surface area contributed by atoms with E-state index in [1.807, 2.05) is 24.3 Å². The summed E-state index contributed by atoms with van der Waals surface area (Å²) in [5, 5.41) is 0. The summed E-state index contributed by atoms with van der Waals surface area (Å²) in [5.41, 5.74) is 1.17. The van der Waals surface area contributed by atoms with Crippen molar-refractivity contribution in [3.63, 3.8) is 0 Å². The van der Waals surface area contributed by atoms with Crippen LogP contribution in [-0.4, -0.2) is 11.6 Å². The van der Waals surface area contributed by atoms with Gasteiger partial charge in [-0.2, -0.15) is 0 Å². The molecule has 0 heterocycles. The highest BCUT2D eigenvalue weighted by atomic mass is 79.9. The molecular weight excluding hydrogens is 280 g/mol. The van der Waals surface area contributed by atoms with Crippen LogP contribution < -0.4 is 0 Å². The Balaban J connectivity index is 1.97. The Bertz CT molecular complexity index is 424. The van der Waals surface area contributed by atoms with E-state index in [1.54, 1.807) is 0 Å². The van der Waals surface area contributed by atoms with E-state index in [4.69, 9.17) is 0 Å². The number of aryl methyl sites for hydroxylation is 1. The normalized spacial score (nSPS) is 17.5. The minimum atomic E-state index is -0.345. The molecule has 0 aliphatic heterocycles. The highest BCUT2D eigenvalue weighted by molar-refractivity contribution is 9.10. The number of ketones is 2. The number of carbonyl (C=O) groups excluding carboxylic acids is 2. The topological polar surface area (TPSA) is 34.1 Å². The van der Waals surface area contributed by atoms with Crippen LogP contribution in [0.1, 0.15) is 31.2 Å². The molecule has 0 unspecified atom stereocenters. The van der Waals surface area contributed by atoms with Crippen molar-refractivity contribution < 1.29 is 9.59 Å². The first-order valence-electron chi connectivity index (χ1n) is 5.96. The van der Waals surface area contributed by atoms with Gasteiger partial charge >= 0.3 is 0 Å². The maximum atomic E-state index is 11.7. The van der Waals surface area contributed by atoms with Crippen molar-refractivity contribution in [3.05, 3.63) is 34.3 Å². The van der Waals surface area contributed by atoms with Gasteiger partial charge in [-0.05, 0) is 37.0 Å². The Morgan fingerprint density at radius 2 is 1.88 bits per heavy atom. The molecule has 0 radical (unpaired) electrons. The van der Waals surface area contributed by atoms with E-state index < -0.39 is 0 Å². The summed E-state index contributed by atoms with van der Waals surface area (Å²) in [6.45, 7) is 0. The molecule has 17 heavy (non-hydrogen) atoms. The van der Waals surface area contributed by atoms with Crippen molar-refractivity contribution in [3.8, 4) is 0 Å². The zero-order valence-electron chi connectivity index (χ0n) is 9.62. The van der Waals surface area contributed by atoms with Crippen LogP contribution in [0, 0.1) is 5.92 Å². The molecule has 0 saturated heterocycles. The number of hydrogen-bond donors (Lipinski definition) is 0. The second-order valence-corrected chi connectivity index (χ2v) is 5.42. The molecule has 0 atom stereocenters. The second-order valence-electron chi connectivity index (χ2n) is 4.51. The Kier molecular flexibility index (Phi) is 4.11. The van der Waals surface area contributed by atoms with Gasteiger partial charge in [-0.25, -0.2) is 0 Å². The highest BCUT2D eigenvalue weighted by Crippen LogP contribution is 2.22. The molecule has 3 heteroatoms. The Labute approximate surface area is 110 Å². The first-order chi connectivity index (χ1) is 8.16. The molecule has 1 aliphatic carbocycles. The quantitative estimate of drug-likeness (QED) is 0.802. The van der Waals surface area contributed by atoms with E-state index in [-0.39, 0.29) is 17.5 Å². The minimum absolute atomic E-state index is 0.135. The number of Topliss-reactive ketones (excluding diaryl/α,β-unsaturated/α-hetero) is 2. The van der Waals surface area contributed by atoms with Gasteiger partial charge in [0.2, 0.25) is 0 Å². The molecule has 0 N–H and O–H groups in total. The van der Waals surface area contributed by atoms with Gasteiger partial charge in [-0.15, -0.1) is 0 Å². The lowest BCUT2D eigenvalue weighted by Gasteiger charge is -2.19. The zero-order chi connectivity index (χ0) is 12.3. The summed E-state index contributed by atoms with van der Waals surface area (Å²) in [7, 11) is 0. The van der Waals surface area contributed by atoms with Crippen molar-refractivity contribution >= 4 is 27.5 Å². The lowest BCUT2D eigenvalue weighted by Crippen LogP contribution is -2.28. The minimum Gasteiger partial charge on any atom is -0.299 e. The van der Waals surface area contributed by atoms with Gasteiger partial charge in [0.05, 0.1) is 5.92 Å². The Morgan fingerprint density at radius 3 is 2.53 bits per heavy atom. The van der Waals surface area contributed by atoms with Gasteiger partial charge in [0.1, 0.15) is 11.6 Å². The van der Waals surface area contributed by atoms with Crippen LogP contribution in [0.15, 0.2) is 28.7 Å². The molecule has 1 aliphatic rings. The maximum absolute atomic E-state index is 11.7. The third-order valence-electron chi connectivity index (χ3n) is 3.23. The Hall–Kier alpha value is -0.960. The molecule has 1 aromatic rings. The van der Waals surface area contributed by atoms with Gasteiger partial charge in [0.15, 0.2) is 0 Å². The molecule has 2 rings (SSSR count). The second kappa shape index (κ2) is 5.58. The average Bonchev–Trinajstić information content (AvgIpc) is 2.28. The summed E-state index contributed by atoms with van der Waals surface area (Å²) in [4.78, 5) is 23.3. The summed E-state index contributed by atoms with van der Waals surface area (Å²) >= 11 is 3.42. The lowest BCUT2D eigenvalue weighted by atomic mass is 9.83. The van der Waals surface area contributed by atoms with E-state index in [2.05, 4.69) is 15.9 Å². The highest BCUT2D eigenvalue weighted by Gasteiger charge is 2.29. The number of halogens is 1. The molecule has 0 amide bonds. The summed E-state index contributed by atoms with van der Waals surface area (Å²) in [5.74, 6) is -0.0739. The van der Waals surface area contributed by atoms with E-state index >= 15 is 0 Å². The summed E-state index contributed by atoms with van der Waals surface area (Å²) < 4.78 is 1.04. The number of benzene rings is 1. The fourth-order valence-electron chi connectivity index (χ4n) is 2.29. The van der Waals surface area contributed by atoms with Gasteiger partial charge in [-0.1, -0.05) is 28.1 Å². The third kappa shape index (κ3) is 3.25. The van der Waals surface area contributed by atoms with Gasteiger partial charge in [0, 0.05) is 17.3 Å². The predicted molar refractivity (Wildman–Crippen MR) is 69.8 cm³/mol. The smallest absolute Gasteiger partial charge is 0.143 e. The fourth-order valence-corrected chi connectivity index (χ4v) is 2.74. The van der Waals surface area contributed by atoms with Crippen molar-refractivity contribution in [2.45, 2.75) is 32.1 Å². The molecule has 0 bridgehead atoms. The van der Waals surface area contributed by atoms with Crippen LogP contribution in [0.4, 0.5) is 0 Å². The van der Waals surface area contributed by atoms with Crippen LogP contribution in [0.5, 0.6) is 0 Å². The zero-order valence-corrected chi connectivity index (χ0v) is 11.2.